The zero-order chi connectivity index (χ0) is 21.8. The molecule has 2 aliphatic rings. The van der Waals surface area contributed by atoms with Crippen LogP contribution in [0.15, 0.2) is 23.3 Å². The van der Waals surface area contributed by atoms with Gasteiger partial charge in [0.05, 0.1) is 11.5 Å². The highest BCUT2D eigenvalue weighted by molar-refractivity contribution is 6.01. The van der Waals surface area contributed by atoms with Crippen LogP contribution in [-0.4, -0.2) is 38.7 Å². The fourth-order valence-electron chi connectivity index (χ4n) is 4.37. The van der Waals surface area contributed by atoms with Crippen molar-refractivity contribution in [3.63, 3.8) is 0 Å². The normalized spacial score (nSPS) is 27.6. The van der Waals surface area contributed by atoms with Gasteiger partial charge in [-0.15, -0.1) is 0 Å². The van der Waals surface area contributed by atoms with Gasteiger partial charge < -0.3 is 10.2 Å². The number of hydrogen-bond acceptors (Lipinski definition) is 4. The number of aryl methyl sites for hydroxylation is 1. The monoisotopic (exact) mass is 412 g/mol. The summed E-state index contributed by atoms with van der Waals surface area (Å²) in [5.41, 5.74) is -3.41. The third kappa shape index (κ3) is 3.31. The molecule has 1 aromatic rings. The molecule has 1 aromatic carbocycles. The Morgan fingerprint density at radius 1 is 1.34 bits per heavy atom. The van der Waals surface area contributed by atoms with E-state index >= 15 is 0 Å². The number of aromatic hydroxyl groups is 1. The van der Waals surface area contributed by atoms with Crippen LogP contribution in [0.1, 0.15) is 62.4 Å². The molecule has 1 aliphatic carbocycles. The molecular formula is C21H27F3N2O3. The molecule has 0 aromatic heterocycles. The van der Waals surface area contributed by atoms with Crippen molar-refractivity contribution >= 4 is 11.6 Å². The van der Waals surface area contributed by atoms with E-state index in [4.69, 9.17) is 0 Å². The Labute approximate surface area is 168 Å². The summed E-state index contributed by atoms with van der Waals surface area (Å²) in [4.78, 5) is 13.0. The van der Waals surface area contributed by atoms with E-state index in [2.05, 4.69) is 5.10 Å². The third-order valence-corrected chi connectivity index (χ3v) is 6.80. The number of halogens is 3. The van der Waals surface area contributed by atoms with Crippen LogP contribution in [0.3, 0.4) is 0 Å². The first-order valence-electron chi connectivity index (χ1n) is 9.84. The number of aliphatic hydroxyl groups is 1. The highest BCUT2D eigenvalue weighted by Gasteiger charge is 2.69. The van der Waals surface area contributed by atoms with Gasteiger partial charge in [0.2, 0.25) is 0 Å². The molecule has 5 nitrogen and oxygen atoms in total. The minimum Gasteiger partial charge on any atom is -0.507 e. The van der Waals surface area contributed by atoms with Crippen molar-refractivity contribution in [3.8, 4) is 5.75 Å². The summed E-state index contributed by atoms with van der Waals surface area (Å²) in [6, 6.07) is 4.23. The van der Waals surface area contributed by atoms with Gasteiger partial charge in [-0.3, -0.25) is 4.79 Å². The number of fused-ring (bicyclic) bond motifs is 1. The van der Waals surface area contributed by atoms with Crippen LogP contribution >= 0.6 is 0 Å². The molecule has 2 N–H and O–H groups in total. The molecule has 3 atom stereocenters. The summed E-state index contributed by atoms with van der Waals surface area (Å²) in [6.45, 7) is 7.55. The van der Waals surface area contributed by atoms with Gasteiger partial charge >= 0.3 is 6.18 Å². The second-order valence-corrected chi connectivity index (χ2v) is 8.77. The number of rotatable bonds is 3. The van der Waals surface area contributed by atoms with Gasteiger partial charge in [0.1, 0.15) is 5.75 Å². The number of amides is 1. The van der Waals surface area contributed by atoms with Gasteiger partial charge in [0.15, 0.2) is 0 Å². The summed E-state index contributed by atoms with van der Waals surface area (Å²) < 4.78 is 42.4. The first kappa shape index (κ1) is 21.6. The quantitative estimate of drug-likeness (QED) is 0.761. The van der Waals surface area contributed by atoms with E-state index in [1.54, 1.807) is 0 Å². The lowest BCUT2D eigenvalue weighted by Crippen LogP contribution is -2.62. The predicted molar refractivity (Wildman–Crippen MR) is 102 cm³/mol. The lowest BCUT2D eigenvalue weighted by molar-refractivity contribution is -0.314. The van der Waals surface area contributed by atoms with Gasteiger partial charge in [-0.1, -0.05) is 39.3 Å². The number of nitrogens with zero attached hydrogens (tertiary/aromatic N) is 2. The Morgan fingerprint density at radius 2 is 2.00 bits per heavy atom. The first-order valence-corrected chi connectivity index (χ1v) is 9.84. The fourth-order valence-corrected chi connectivity index (χ4v) is 4.37. The summed E-state index contributed by atoms with van der Waals surface area (Å²) in [7, 11) is 0. The average molecular weight is 412 g/mol. The van der Waals surface area contributed by atoms with E-state index in [-0.39, 0.29) is 34.0 Å². The number of carbonyl (C=O) groups excluding carboxylic acids is 1. The number of benzene rings is 1. The van der Waals surface area contributed by atoms with Gasteiger partial charge in [-0.05, 0) is 49.1 Å². The maximum atomic E-state index is 14.1. The molecule has 160 valence electrons. The van der Waals surface area contributed by atoms with E-state index in [1.807, 2.05) is 20.8 Å². The fraction of sp³-hybridized carbons (Fsp3) is 0.619. The van der Waals surface area contributed by atoms with Gasteiger partial charge in [-0.2, -0.15) is 23.3 Å². The summed E-state index contributed by atoms with van der Waals surface area (Å²) in [5.74, 6) is -2.93. The Kier molecular flexibility index (Phi) is 5.22. The van der Waals surface area contributed by atoms with Gasteiger partial charge in [-0.25, -0.2) is 0 Å². The van der Waals surface area contributed by atoms with E-state index < -0.39 is 29.5 Å². The van der Waals surface area contributed by atoms with Crippen LogP contribution in [0.25, 0.3) is 0 Å². The zero-order valence-corrected chi connectivity index (χ0v) is 17.0. The molecular weight excluding hydrogens is 385 g/mol. The van der Waals surface area contributed by atoms with Gasteiger partial charge in [0.25, 0.3) is 11.6 Å². The van der Waals surface area contributed by atoms with Crippen molar-refractivity contribution in [2.75, 3.05) is 0 Å². The van der Waals surface area contributed by atoms with E-state index in [0.29, 0.717) is 18.4 Å². The third-order valence-electron chi connectivity index (χ3n) is 6.80. The van der Waals surface area contributed by atoms with Crippen molar-refractivity contribution < 1.29 is 28.2 Å². The summed E-state index contributed by atoms with van der Waals surface area (Å²) in [5, 5.41) is 25.2. The lowest BCUT2D eigenvalue weighted by Gasteiger charge is -2.43. The van der Waals surface area contributed by atoms with Crippen molar-refractivity contribution in [1.82, 2.24) is 5.01 Å². The maximum absolute atomic E-state index is 14.1. The molecule has 0 bridgehead atoms. The summed E-state index contributed by atoms with van der Waals surface area (Å²) in [6.07, 6.45) is -3.26. The van der Waals surface area contributed by atoms with Crippen LogP contribution < -0.4 is 0 Å². The highest BCUT2D eigenvalue weighted by Crippen LogP contribution is 2.52. The van der Waals surface area contributed by atoms with Crippen LogP contribution in [-0.2, 0) is 0 Å². The molecule has 3 rings (SSSR count). The van der Waals surface area contributed by atoms with Crippen LogP contribution in [0.4, 0.5) is 13.2 Å². The van der Waals surface area contributed by atoms with Gasteiger partial charge in [0, 0.05) is 5.71 Å². The Bertz CT molecular complexity index is 850. The number of phenolic OH excluding ortho intramolecular Hbond substituents is 1. The molecule has 0 saturated heterocycles. The molecule has 0 radical (unpaired) electrons. The van der Waals surface area contributed by atoms with Crippen molar-refractivity contribution in [2.45, 2.75) is 65.3 Å². The number of phenols is 1. The lowest BCUT2D eigenvalue weighted by atomic mass is 9.64. The number of para-hydroxylation sites is 1. The molecule has 1 fully saturated rings. The molecule has 1 saturated carbocycles. The second-order valence-electron chi connectivity index (χ2n) is 8.77. The largest absolute Gasteiger partial charge is 0.507 e. The van der Waals surface area contributed by atoms with Crippen LogP contribution in [0.5, 0.6) is 5.75 Å². The minimum atomic E-state index is -5.10. The summed E-state index contributed by atoms with van der Waals surface area (Å²) >= 11 is 0. The maximum Gasteiger partial charge on any atom is 0.439 e. The topological polar surface area (TPSA) is 73.1 Å². The molecule has 1 heterocycles. The Hall–Kier alpha value is -2.09. The average Bonchev–Trinajstić information content (AvgIpc) is 2.97. The minimum absolute atomic E-state index is 0.0345. The number of hydrogen-bond donors (Lipinski definition) is 2. The second kappa shape index (κ2) is 7.00. The van der Waals surface area contributed by atoms with E-state index in [0.717, 1.165) is 6.42 Å². The van der Waals surface area contributed by atoms with Crippen molar-refractivity contribution in [3.05, 3.63) is 29.3 Å². The first-order chi connectivity index (χ1) is 13.3. The predicted octanol–water partition coefficient (Wildman–Crippen LogP) is 4.62. The number of hydrazone groups is 1. The molecule has 0 spiro atoms. The highest BCUT2D eigenvalue weighted by atomic mass is 19.4. The number of carbonyl (C=O) groups is 1. The molecule has 1 aliphatic heterocycles. The standard InChI is InChI=1S/C21H27F3N2O3/c1-5-19(3,4)13-9-10-16-15(11-13)20(29,21(22,23)24)26(25-16)18(28)14-8-6-7-12(2)17(14)27/h6-8,13,15,27,29H,5,9-11H2,1-4H3/t13-,15+,20+/m1/s1. The van der Waals surface area contributed by atoms with E-state index in [9.17, 15) is 28.2 Å². The SMILES string of the molecule is CCC(C)(C)[C@@H]1CCC2=NN(C(=O)c3cccc(C)c3O)[C@@](O)(C(F)(F)F)[C@H]2C1. The Balaban J connectivity index is 2.04. The molecule has 0 unspecified atom stereocenters. The van der Waals surface area contributed by atoms with E-state index in [1.165, 1.54) is 25.1 Å². The van der Waals surface area contributed by atoms with Crippen LogP contribution in [0, 0.1) is 24.2 Å². The number of alkyl halides is 3. The molecule has 8 heteroatoms. The van der Waals surface area contributed by atoms with Crippen molar-refractivity contribution in [1.29, 1.82) is 0 Å². The molecule has 29 heavy (non-hydrogen) atoms. The van der Waals surface area contributed by atoms with Crippen molar-refractivity contribution in [2.24, 2.45) is 22.4 Å². The zero-order valence-electron chi connectivity index (χ0n) is 17.0. The Morgan fingerprint density at radius 3 is 2.59 bits per heavy atom. The molecule has 1 amide bonds. The smallest absolute Gasteiger partial charge is 0.439 e. The van der Waals surface area contributed by atoms with Crippen LogP contribution in [0.2, 0.25) is 0 Å².